The Morgan fingerprint density at radius 3 is 2.44 bits per heavy atom. The van der Waals surface area contributed by atoms with Gasteiger partial charge in [-0.2, -0.15) is 0 Å². The molecule has 2 fully saturated rings. The van der Waals surface area contributed by atoms with E-state index in [0.29, 0.717) is 11.8 Å². The second kappa shape index (κ2) is 3.75. The van der Waals surface area contributed by atoms with Gasteiger partial charge in [0.2, 0.25) is 5.91 Å². The fourth-order valence-electron chi connectivity index (χ4n) is 2.40. The molecule has 2 atom stereocenters. The number of carboxylic acid groups (broad SMARTS) is 1. The van der Waals surface area contributed by atoms with Crippen LogP contribution in [-0.4, -0.2) is 23.0 Å². The van der Waals surface area contributed by atoms with Gasteiger partial charge >= 0.3 is 5.97 Å². The minimum absolute atomic E-state index is 0.0504. The first kappa shape index (κ1) is 11.4. The highest BCUT2D eigenvalue weighted by molar-refractivity contribution is 5.87. The van der Waals surface area contributed by atoms with Crippen molar-refractivity contribution in [3.63, 3.8) is 0 Å². The van der Waals surface area contributed by atoms with Crippen molar-refractivity contribution in [1.82, 2.24) is 5.32 Å². The summed E-state index contributed by atoms with van der Waals surface area (Å²) in [5, 5.41) is 11.7. The van der Waals surface area contributed by atoms with E-state index in [2.05, 4.69) is 5.32 Å². The van der Waals surface area contributed by atoms with E-state index >= 15 is 0 Å². The van der Waals surface area contributed by atoms with Crippen LogP contribution in [-0.2, 0) is 9.59 Å². The molecule has 4 heteroatoms. The van der Waals surface area contributed by atoms with Crippen LogP contribution in [0.3, 0.4) is 0 Å². The fourth-order valence-corrected chi connectivity index (χ4v) is 2.40. The summed E-state index contributed by atoms with van der Waals surface area (Å²) in [6.45, 7) is 3.92. The Morgan fingerprint density at radius 2 is 2.06 bits per heavy atom. The molecule has 0 aromatic rings. The molecule has 1 amide bonds. The standard InChI is InChI=1S/C12H19NO3/c1-7(2)5-9(11(15)16)13-10(14)8-6-12(8)3-4-12/h7-9H,3-6H2,1-2H3,(H,13,14)(H,15,16)/t8?,9-/m1/s1. The average Bonchev–Trinajstić information content (AvgIpc) is 3.05. The molecule has 90 valence electrons. The van der Waals surface area contributed by atoms with Crippen molar-refractivity contribution >= 4 is 11.9 Å². The minimum Gasteiger partial charge on any atom is -0.480 e. The second-order valence-corrected chi connectivity index (χ2v) is 5.65. The topological polar surface area (TPSA) is 66.4 Å². The first-order valence-electron chi connectivity index (χ1n) is 5.98. The summed E-state index contributed by atoms with van der Waals surface area (Å²) in [4.78, 5) is 22.8. The predicted molar refractivity (Wildman–Crippen MR) is 58.8 cm³/mol. The summed E-state index contributed by atoms with van der Waals surface area (Å²) in [5.74, 6) is -0.602. The van der Waals surface area contributed by atoms with E-state index in [9.17, 15) is 9.59 Å². The molecule has 1 spiro atoms. The molecule has 0 bridgehead atoms. The van der Waals surface area contributed by atoms with Crippen LogP contribution in [0.4, 0.5) is 0 Å². The molecule has 2 aliphatic carbocycles. The van der Waals surface area contributed by atoms with Gasteiger partial charge in [0, 0.05) is 5.92 Å². The molecular weight excluding hydrogens is 206 g/mol. The zero-order valence-electron chi connectivity index (χ0n) is 9.82. The maximum Gasteiger partial charge on any atom is 0.326 e. The number of hydrogen-bond acceptors (Lipinski definition) is 2. The molecule has 0 aromatic heterocycles. The molecule has 0 aliphatic heterocycles. The zero-order chi connectivity index (χ0) is 11.9. The van der Waals surface area contributed by atoms with Crippen molar-refractivity contribution < 1.29 is 14.7 Å². The van der Waals surface area contributed by atoms with Crippen LogP contribution in [0.1, 0.15) is 39.5 Å². The van der Waals surface area contributed by atoms with E-state index in [1.54, 1.807) is 0 Å². The lowest BCUT2D eigenvalue weighted by molar-refractivity contribution is -0.142. The number of aliphatic carboxylic acids is 1. The van der Waals surface area contributed by atoms with Crippen molar-refractivity contribution in [1.29, 1.82) is 0 Å². The Hall–Kier alpha value is -1.06. The van der Waals surface area contributed by atoms with Gasteiger partial charge in [-0.3, -0.25) is 4.79 Å². The minimum atomic E-state index is -0.924. The van der Waals surface area contributed by atoms with E-state index in [4.69, 9.17) is 5.11 Å². The first-order valence-corrected chi connectivity index (χ1v) is 5.98. The molecule has 1 unspecified atom stereocenters. The van der Waals surface area contributed by atoms with E-state index in [1.165, 1.54) is 0 Å². The lowest BCUT2D eigenvalue weighted by atomic mass is 10.0. The fraction of sp³-hybridized carbons (Fsp3) is 0.833. The molecular formula is C12H19NO3. The molecule has 2 rings (SSSR count). The van der Waals surface area contributed by atoms with Crippen LogP contribution >= 0.6 is 0 Å². The lowest BCUT2D eigenvalue weighted by Crippen LogP contribution is -2.42. The van der Waals surface area contributed by atoms with Crippen molar-refractivity contribution in [2.24, 2.45) is 17.3 Å². The zero-order valence-corrected chi connectivity index (χ0v) is 9.82. The highest BCUT2D eigenvalue weighted by atomic mass is 16.4. The van der Waals surface area contributed by atoms with Gasteiger partial charge < -0.3 is 10.4 Å². The molecule has 16 heavy (non-hydrogen) atoms. The molecule has 2 saturated carbocycles. The van der Waals surface area contributed by atoms with Crippen LogP contribution < -0.4 is 5.32 Å². The van der Waals surface area contributed by atoms with E-state index in [-0.39, 0.29) is 17.7 Å². The smallest absolute Gasteiger partial charge is 0.326 e. The highest BCUT2D eigenvalue weighted by Gasteiger charge is 2.65. The Morgan fingerprint density at radius 1 is 1.44 bits per heavy atom. The maximum atomic E-state index is 11.8. The number of carbonyl (C=O) groups is 2. The highest BCUT2D eigenvalue weighted by Crippen LogP contribution is 2.70. The molecule has 0 saturated heterocycles. The van der Waals surface area contributed by atoms with Gasteiger partial charge in [0.25, 0.3) is 0 Å². The van der Waals surface area contributed by atoms with Gasteiger partial charge in [0.15, 0.2) is 0 Å². The van der Waals surface area contributed by atoms with Crippen molar-refractivity contribution in [3.05, 3.63) is 0 Å². The quantitative estimate of drug-likeness (QED) is 0.743. The van der Waals surface area contributed by atoms with Crippen LogP contribution in [0.5, 0.6) is 0 Å². The van der Waals surface area contributed by atoms with Gasteiger partial charge in [-0.15, -0.1) is 0 Å². The van der Waals surface area contributed by atoms with Crippen LogP contribution in [0.2, 0.25) is 0 Å². The van der Waals surface area contributed by atoms with Gasteiger partial charge in [-0.25, -0.2) is 4.79 Å². The van der Waals surface area contributed by atoms with E-state index in [1.807, 2.05) is 13.8 Å². The van der Waals surface area contributed by atoms with Crippen molar-refractivity contribution in [2.45, 2.75) is 45.6 Å². The molecule has 4 nitrogen and oxygen atoms in total. The van der Waals surface area contributed by atoms with Crippen LogP contribution in [0.25, 0.3) is 0 Å². The molecule has 2 aliphatic rings. The summed E-state index contributed by atoms with van der Waals surface area (Å²) in [7, 11) is 0. The van der Waals surface area contributed by atoms with Gasteiger partial charge in [-0.1, -0.05) is 13.8 Å². The molecule has 0 aromatic carbocycles. The number of amides is 1. The Bertz CT molecular complexity index is 320. The van der Waals surface area contributed by atoms with Gasteiger partial charge in [0.1, 0.15) is 6.04 Å². The summed E-state index contributed by atoms with van der Waals surface area (Å²) in [6, 6.07) is -0.719. The SMILES string of the molecule is CC(C)C[C@@H](NC(=O)C1CC12CC2)C(=O)O. The Kier molecular flexibility index (Phi) is 2.68. The third-order valence-electron chi connectivity index (χ3n) is 3.72. The number of carboxylic acids is 1. The third kappa shape index (κ3) is 2.20. The Balaban J connectivity index is 1.85. The van der Waals surface area contributed by atoms with Crippen LogP contribution in [0.15, 0.2) is 0 Å². The first-order chi connectivity index (χ1) is 7.44. The van der Waals surface area contributed by atoms with Crippen molar-refractivity contribution in [3.8, 4) is 0 Å². The number of nitrogens with one attached hydrogen (secondary N) is 1. The number of hydrogen-bond donors (Lipinski definition) is 2. The number of rotatable bonds is 5. The normalized spacial score (nSPS) is 26.6. The van der Waals surface area contributed by atoms with Gasteiger partial charge in [0.05, 0.1) is 0 Å². The molecule has 0 heterocycles. The van der Waals surface area contributed by atoms with Gasteiger partial charge in [-0.05, 0) is 37.0 Å². The predicted octanol–water partition coefficient (Wildman–Crippen LogP) is 1.40. The Labute approximate surface area is 95.4 Å². The monoisotopic (exact) mass is 225 g/mol. The molecule has 2 N–H and O–H groups in total. The largest absolute Gasteiger partial charge is 0.480 e. The van der Waals surface area contributed by atoms with Crippen molar-refractivity contribution in [2.75, 3.05) is 0 Å². The molecule has 0 radical (unpaired) electrons. The third-order valence-corrected chi connectivity index (χ3v) is 3.72. The summed E-state index contributed by atoms with van der Waals surface area (Å²) in [6.07, 6.45) is 3.76. The number of carbonyl (C=O) groups excluding carboxylic acids is 1. The second-order valence-electron chi connectivity index (χ2n) is 5.65. The maximum absolute atomic E-state index is 11.8. The van der Waals surface area contributed by atoms with E-state index in [0.717, 1.165) is 19.3 Å². The lowest BCUT2D eigenvalue weighted by Gasteiger charge is -2.16. The van der Waals surface area contributed by atoms with Crippen LogP contribution in [0, 0.1) is 17.3 Å². The average molecular weight is 225 g/mol. The summed E-state index contributed by atoms with van der Waals surface area (Å²) >= 11 is 0. The van der Waals surface area contributed by atoms with E-state index < -0.39 is 12.0 Å². The summed E-state index contributed by atoms with van der Waals surface area (Å²) < 4.78 is 0. The summed E-state index contributed by atoms with van der Waals surface area (Å²) in [5.41, 5.74) is 0.297.